The van der Waals surface area contributed by atoms with Gasteiger partial charge in [0, 0.05) is 51.7 Å². The molecule has 5 nitrogen and oxygen atoms in total. The molecular weight excluding hydrogens is 364 g/mol. The third kappa shape index (κ3) is 2.42. The van der Waals surface area contributed by atoms with Gasteiger partial charge in [0.2, 0.25) is 0 Å². The lowest BCUT2D eigenvalue weighted by atomic mass is 9.82. The van der Waals surface area contributed by atoms with Crippen molar-refractivity contribution in [2.75, 3.05) is 13.1 Å². The Morgan fingerprint density at radius 3 is 2.74 bits per heavy atom. The molecule has 1 saturated heterocycles. The van der Waals surface area contributed by atoms with Crippen LogP contribution in [0.3, 0.4) is 0 Å². The summed E-state index contributed by atoms with van der Waals surface area (Å²) in [5, 5.41) is 4.67. The van der Waals surface area contributed by atoms with Gasteiger partial charge >= 0.3 is 5.97 Å². The van der Waals surface area contributed by atoms with E-state index in [1.165, 1.54) is 0 Å². The Kier molecular flexibility index (Phi) is 3.64. The number of benzene rings is 2. The third-order valence-corrected chi connectivity index (χ3v) is 5.83. The van der Waals surface area contributed by atoms with Crippen LogP contribution >= 0.6 is 11.6 Å². The highest BCUT2D eigenvalue weighted by molar-refractivity contribution is 6.31. The van der Waals surface area contributed by atoms with Crippen molar-refractivity contribution in [1.82, 2.24) is 10.3 Å². The highest BCUT2D eigenvalue weighted by Crippen LogP contribution is 2.44. The SMILES string of the molecule is O=C1OC2(CCNCC2)c2cccc(C(=O)c3c[nH]c4cc(Cl)ccc34)c21. The number of carbonyl (C=O) groups is 2. The van der Waals surface area contributed by atoms with Crippen LogP contribution in [0.1, 0.15) is 44.7 Å². The van der Waals surface area contributed by atoms with Crippen molar-refractivity contribution in [3.05, 3.63) is 69.9 Å². The van der Waals surface area contributed by atoms with Crippen molar-refractivity contribution in [2.24, 2.45) is 0 Å². The number of aromatic amines is 1. The first-order valence-electron chi connectivity index (χ1n) is 8.98. The van der Waals surface area contributed by atoms with Gasteiger partial charge in [-0.1, -0.05) is 35.9 Å². The van der Waals surface area contributed by atoms with E-state index in [0.717, 1.165) is 42.4 Å². The van der Waals surface area contributed by atoms with Gasteiger partial charge in [0.1, 0.15) is 5.60 Å². The molecule has 27 heavy (non-hydrogen) atoms. The van der Waals surface area contributed by atoms with Gasteiger partial charge in [-0.2, -0.15) is 0 Å². The van der Waals surface area contributed by atoms with Crippen LogP contribution in [0.15, 0.2) is 42.6 Å². The zero-order valence-corrected chi connectivity index (χ0v) is 15.2. The molecule has 1 aromatic heterocycles. The smallest absolute Gasteiger partial charge is 0.340 e. The average Bonchev–Trinajstić information content (AvgIpc) is 3.21. The molecule has 2 aliphatic rings. The van der Waals surface area contributed by atoms with Crippen molar-refractivity contribution < 1.29 is 14.3 Å². The van der Waals surface area contributed by atoms with Crippen LogP contribution < -0.4 is 5.32 Å². The molecule has 5 rings (SSSR count). The molecule has 2 aliphatic heterocycles. The molecule has 136 valence electrons. The maximum absolute atomic E-state index is 13.3. The molecule has 1 fully saturated rings. The van der Waals surface area contributed by atoms with E-state index in [-0.39, 0.29) is 5.78 Å². The summed E-state index contributed by atoms with van der Waals surface area (Å²) >= 11 is 6.03. The summed E-state index contributed by atoms with van der Waals surface area (Å²) in [6, 6.07) is 10.8. The predicted octanol–water partition coefficient (Wildman–Crippen LogP) is 3.80. The number of carbonyl (C=O) groups excluding carboxylic acids is 2. The number of hydrogen-bond acceptors (Lipinski definition) is 4. The van der Waals surface area contributed by atoms with Crippen LogP contribution in [0.4, 0.5) is 0 Å². The first-order chi connectivity index (χ1) is 13.1. The fraction of sp³-hybridized carbons (Fsp3) is 0.238. The summed E-state index contributed by atoms with van der Waals surface area (Å²) in [5.74, 6) is -0.595. The lowest BCUT2D eigenvalue weighted by Crippen LogP contribution is -2.39. The Balaban J connectivity index is 1.64. The van der Waals surface area contributed by atoms with Gasteiger partial charge in [-0.3, -0.25) is 4.79 Å². The zero-order chi connectivity index (χ0) is 18.6. The van der Waals surface area contributed by atoms with E-state index in [4.69, 9.17) is 16.3 Å². The van der Waals surface area contributed by atoms with Gasteiger partial charge < -0.3 is 15.0 Å². The van der Waals surface area contributed by atoms with Crippen LogP contribution in [0.2, 0.25) is 5.02 Å². The van der Waals surface area contributed by atoms with E-state index in [0.29, 0.717) is 21.7 Å². The number of halogens is 1. The summed E-state index contributed by atoms with van der Waals surface area (Å²) in [6.45, 7) is 1.57. The molecule has 2 N–H and O–H groups in total. The average molecular weight is 381 g/mol. The summed E-state index contributed by atoms with van der Waals surface area (Å²) < 4.78 is 5.82. The zero-order valence-electron chi connectivity index (χ0n) is 14.5. The minimum Gasteiger partial charge on any atom is -0.450 e. The van der Waals surface area contributed by atoms with E-state index in [2.05, 4.69) is 10.3 Å². The molecule has 0 radical (unpaired) electrons. The molecule has 0 bridgehead atoms. The summed E-state index contributed by atoms with van der Waals surface area (Å²) in [6.07, 6.45) is 3.10. The van der Waals surface area contributed by atoms with E-state index in [1.807, 2.05) is 18.2 Å². The minimum absolute atomic E-state index is 0.191. The highest BCUT2D eigenvalue weighted by atomic mass is 35.5. The second kappa shape index (κ2) is 5.94. The van der Waals surface area contributed by atoms with Crippen LogP contribution in [0.25, 0.3) is 10.9 Å². The normalized spacial score (nSPS) is 17.9. The van der Waals surface area contributed by atoms with Crippen LogP contribution in [0, 0.1) is 0 Å². The second-order valence-electron chi connectivity index (χ2n) is 7.08. The number of ether oxygens (including phenoxy) is 1. The van der Waals surface area contributed by atoms with Crippen LogP contribution in [0.5, 0.6) is 0 Å². The van der Waals surface area contributed by atoms with Crippen molar-refractivity contribution in [1.29, 1.82) is 0 Å². The van der Waals surface area contributed by atoms with Crippen molar-refractivity contribution in [3.8, 4) is 0 Å². The molecule has 2 aromatic carbocycles. The number of ketones is 1. The Labute approximate surface area is 160 Å². The largest absolute Gasteiger partial charge is 0.450 e. The quantitative estimate of drug-likeness (QED) is 0.524. The van der Waals surface area contributed by atoms with Crippen molar-refractivity contribution >= 4 is 34.3 Å². The van der Waals surface area contributed by atoms with Gasteiger partial charge in [0.25, 0.3) is 0 Å². The summed E-state index contributed by atoms with van der Waals surface area (Å²) in [7, 11) is 0. The Morgan fingerprint density at radius 2 is 1.93 bits per heavy atom. The summed E-state index contributed by atoms with van der Waals surface area (Å²) in [5.41, 5.74) is 2.34. The Hall–Kier alpha value is -2.63. The number of aromatic nitrogens is 1. The van der Waals surface area contributed by atoms with Gasteiger partial charge in [0.05, 0.1) is 5.56 Å². The lowest BCUT2D eigenvalue weighted by molar-refractivity contribution is -0.0242. The molecule has 3 aromatic rings. The van der Waals surface area contributed by atoms with Crippen LogP contribution in [-0.4, -0.2) is 29.8 Å². The number of H-pyrrole nitrogens is 1. The Morgan fingerprint density at radius 1 is 1.11 bits per heavy atom. The van der Waals surface area contributed by atoms with Gasteiger partial charge in [-0.15, -0.1) is 0 Å². The molecule has 0 atom stereocenters. The first kappa shape index (κ1) is 16.5. The molecule has 0 amide bonds. The number of hydrogen-bond donors (Lipinski definition) is 2. The fourth-order valence-corrected chi connectivity index (χ4v) is 4.43. The van der Waals surface area contributed by atoms with E-state index < -0.39 is 11.6 Å². The number of piperidine rings is 1. The van der Waals surface area contributed by atoms with E-state index in [9.17, 15) is 9.59 Å². The molecule has 0 aliphatic carbocycles. The number of rotatable bonds is 2. The van der Waals surface area contributed by atoms with Gasteiger partial charge in [-0.25, -0.2) is 4.79 Å². The number of esters is 1. The van der Waals surface area contributed by atoms with Gasteiger partial charge in [0.15, 0.2) is 5.78 Å². The maximum Gasteiger partial charge on any atom is 0.340 e. The highest BCUT2D eigenvalue weighted by Gasteiger charge is 2.47. The second-order valence-corrected chi connectivity index (χ2v) is 7.52. The van der Waals surface area contributed by atoms with Crippen molar-refractivity contribution in [3.63, 3.8) is 0 Å². The van der Waals surface area contributed by atoms with Crippen LogP contribution in [-0.2, 0) is 10.3 Å². The molecule has 3 heterocycles. The third-order valence-electron chi connectivity index (χ3n) is 5.59. The minimum atomic E-state index is -0.609. The monoisotopic (exact) mass is 380 g/mol. The topological polar surface area (TPSA) is 71.2 Å². The lowest BCUT2D eigenvalue weighted by Gasteiger charge is -2.33. The number of fused-ring (bicyclic) bond motifs is 3. The maximum atomic E-state index is 13.3. The molecule has 1 spiro atoms. The number of nitrogens with one attached hydrogen (secondary N) is 2. The predicted molar refractivity (Wildman–Crippen MR) is 102 cm³/mol. The van der Waals surface area contributed by atoms with E-state index in [1.54, 1.807) is 24.4 Å². The molecule has 6 heteroatoms. The van der Waals surface area contributed by atoms with Crippen molar-refractivity contribution in [2.45, 2.75) is 18.4 Å². The van der Waals surface area contributed by atoms with Gasteiger partial charge in [-0.05, 0) is 25.2 Å². The first-order valence-corrected chi connectivity index (χ1v) is 9.36. The molecular formula is C21H17ClN2O3. The molecule has 0 unspecified atom stereocenters. The Bertz CT molecular complexity index is 1100. The van der Waals surface area contributed by atoms with E-state index >= 15 is 0 Å². The fourth-order valence-electron chi connectivity index (χ4n) is 4.26. The standard InChI is InChI=1S/C21H17ClN2O3/c22-12-4-5-13-15(11-24-17(13)10-12)19(25)14-2-1-3-16-18(14)20(26)27-21(16)6-8-23-9-7-21/h1-5,10-11,23-24H,6-9H2. The summed E-state index contributed by atoms with van der Waals surface area (Å²) in [4.78, 5) is 29.1. The molecule has 0 saturated carbocycles.